The minimum atomic E-state index is -0.694. The molecule has 0 radical (unpaired) electrons. The topological polar surface area (TPSA) is 61.4 Å². The van der Waals surface area contributed by atoms with Gasteiger partial charge in [0.15, 0.2) is 0 Å². The zero-order valence-electron chi connectivity index (χ0n) is 10.9. The number of halogens is 1. The Morgan fingerprint density at radius 2 is 2.05 bits per heavy atom. The summed E-state index contributed by atoms with van der Waals surface area (Å²) in [6, 6.07) is 6.99. The molecule has 0 heterocycles. The van der Waals surface area contributed by atoms with Gasteiger partial charge < -0.3 is 15.7 Å². The number of carbonyl (C=O) groups excluding carboxylic acids is 1. The van der Waals surface area contributed by atoms with Crippen LogP contribution in [0.3, 0.4) is 0 Å². The SMILES string of the molecule is CC(NC(=O)NCC1(O)CCC1)c1ccc(Cl)cc1. The molecule has 2 amide bonds. The summed E-state index contributed by atoms with van der Waals surface area (Å²) in [5, 5.41) is 16.1. The maximum Gasteiger partial charge on any atom is 0.315 e. The molecule has 1 aliphatic rings. The number of aliphatic hydroxyl groups is 1. The van der Waals surface area contributed by atoms with E-state index in [1.807, 2.05) is 19.1 Å². The van der Waals surface area contributed by atoms with Crippen LogP contribution in [0.15, 0.2) is 24.3 Å². The number of hydrogen-bond donors (Lipinski definition) is 3. The Balaban J connectivity index is 1.79. The first-order valence-corrected chi connectivity index (χ1v) is 6.88. The van der Waals surface area contributed by atoms with E-state index in [1.54, 1.807) is 12.1 Å². The van der Waals surface area contributed by atoms with Gasteiger partial charge in [-0.3, -0.25) is 0 Å². The normalized spacial score (nSPS) is 18.3. The molecule has 1 unspecified atom stereocenters. The second-order valence-corrected chi connectivity index (χ2v) is 5.61. The molecule has 19 heavy (non-hydrogen) atoms. The predicted molar refractivity (Wildman–Crippen MR) is 75.2 cm³/mol. The molecule has 3 N–H and O–H groups in total. The maximum absolute atomic E-state index is 11.7. The Bertz CT molecular complexity index is 443. The molecule has 1 fully saturated rings. The largest absolute Gasteiger partial charge is 0.388 e. The number of nitrogens with one attached hydrogen (secondary N) is 2. The lowest BCUT2D eigenvalue weighted by molar-refractivity contribution is -0.0290. The molecule has 1 atom stereocenters. The van der Waals surface area contributed by atoms with Gasteiger partial charge in [-0.1, -0.05) is 23.7 Å². The highest BCUT2D eigenvalue weighted by atomic mass is 35.5. The summed E-state index contributed by atoms with van der Waals surface area (Å²) in [5.41, 5.74) is 0.294. The van der Waals surface area contributed by atoms with Gasteiger partial charge in [0, 0.05) is 11.6 Å². The number of hydrogen-bond acceptors (Lipinski definition) is 2. The standard InChI is InChI=1S/C14H19ClN2O2/c1-10(11-3-5-12(15)6-4-11)17-13(18)16-9-14(19)7-2-8-14/h3-6,10,19H,2,7-9H2,1H3,(H2,16,17,18). The van der Waals surface area contributed by atoms with Crippen LogP contribution in [0.4, 0.5) is 4.79 Å². The summed E-state index contributed by atoms with van der Waals surface area (Å²) >= 11 is 5.82. The van der Waals surface area contributed by atoms with Gasteiger partial charge in [-0.15, -0.1) is 0 Å². The number of rotatable bonds is 4. The Kier molecular flexibility index (Phi) is 4.32. The third-order valence-corrected chi connectivity index (χ3v) is 3.83. The highest BCUT2D eigenvalue weighted by Crippen LogP contribution is 2.30. The van der Waals surface area contributed by atoms with E-state index in [9.17, 15) is 9.90 Å². The zero-order chi connectivity index (χ0) is 13.9. The highest BCUT2D eigenvalue weighted by Gasteiger charge is 2.34. The molecule has 1 aromatic rings. The first kappa shape index (κ1) is 14.2. The average molecular weight is 283 g/mol. The molecule has 0 spiro atoms. The zero-order valence-corrected chi connectivity index (χ0v) is 11.7. The van der Waals surface area contributed by atoms with E-state index in [-0.39, 0.29) is 12.1 Å². The maximum atomic E-state index is 11.7. The van der Waals surface area contributed by atoms with Crippen LogP contribution >= 0.6 is 11.6 Å². The molecule has 4 nitrogen and oxygen atoms in total. The molecule has 1 aliphatic carbocycles. The quantitative estimate of drug-likeness (QED) is 0.795. The van der Waals surface area contributed by atoms with Gasteiger partial charge >= 0.3 is 6.03 Å². The fourth-order valence-corrected chi connectivity index (χ4v) is 2.21. The molecule has 1 saturated carbocycles. The molecular formula is C14H19ClN2O2. The molecule has 0 bridgehead atoms. The summed E-state index contributed by atoms with van der Waals surface area (Å²) in [6.45, 7) is 2.22. The van der Waals surface area contributed by atoms with Crippen molar-refractivity contribution in [3.05, 3.63) is 34.9 Å². The van der Waals surface area contributed by atoms with E-state index < -0.39 is 5.60 Å². The van der Waals surface area contributed by atoms with Gasteiger partial charge in [-0.2, -0.15) is 0 Å². The van der Waals surface area contributed by atoms with Crippen LogP contribution in [0.2, 0.25) is 5.02 Å². The molecule has 0 aromatic heterocycles. The van der Waals surface area contributed by atoms with E-state index in [2.05, 4.69) is 10.6 Å². The predicted octanol–water partition coefficient (Wildman–Crippen LogP) is 2.62. The van der Waals surface area contributed by atoms with Gasteiger partial charge in [0.1, 0.15) is 0 Å². The van der Waals surface area contributed by atoms with E-state index in [4.69, 9.17) is 11.6 Å². The van der Waals surface area contributed by atoms with Crippen LogP contribution in [0.25, 0.3) is 0 Å². The van der Waals surface area contributed by atoms with Gasteiger partial charge in [0.25, 0.3) is 0 Å². The van der Waals surface area contributed by atoms with Crippen LogP contribution in [0.5, 0.6) is 0 Å². The average Bonchev–Trinajstić information content (AvgIpc) is 2.35. The Morgan fingerprint density at radius 3 is 2.58 bits per heavy atom. The van der Waals surface area contributed by atoms with Crippen LogP contribution < -0.4 is 10.6 Å². The van der Waals surface area contributed by atoms with Gasteiger partial charge in [0.05, 0.1) is 11.6 Å². The van der Waals surface area contributed by atoms with Gasteiger partial charge in [-0.25, -0.2) is 4.79 Å². The monoisotopic (exact) mass is 282 g/mol. The van der Waals surface area contributed by atoms with Crippen LogP contribution in [0, 0.1) is 0 Å². The lowest BCUT2D eigenvalue weighted by atomic mass is 9.80. The third-order valence-electron chi connectivity index (χ3n) is 3.58. The van der Waals surface area contributed by atoms with Crippen molar-refractivity contribution in [1.82, 2.24) is 10.6 Å². The van der Waals surface area contributed by atoms with Crippen molar-refractivity contribution in [3.63, 3.8) is 0 Å². The van der Waals surface area contributed by atoms with Crippen molar-refractivity contribution >= 4 is 17.6 Å². The van der Waals surface area contributed by atoms with Gasteiger partial charge in [0.2, 0.25) is 0 Å². The lowest BCUT2D eigenvalue weighted by Gasteiger charge is -2.36. The third kappa shape index (κ3) is 3.85. The van der Waals surface area contributed by atoms with Crippen LogP contribution in [0.1, 0.15) is 37.8 Å². The molecule has 5 heteroatoms. The van der Waals surface area contributed by atoms with Gasteiger partial charge in [-0.05, 0) is 43.9 Å². The fourth-order valence-electron chi connectivity index (χ4n) is 2.09. The second-order valence-electron chi connectivity index (χ2n) is 5.18. The summed E-state index contributed by atoms with van der Waals surface area (Å²) < 4.78 is 0. The first-order valence-electron chi connectivity index (χ1n) is 6.51. The van der Waals surface area contributed by atoms with Crippen molar-refractivity contribution < 1.29 is 9.90 Å². The molecule has 2 rings (SSSR count). The van der Waals surface area contributed by atoms with Crippen molar-refractivity contribution in [1.29, 1.82) is 0 Å². The molecular weight excluding hydrogens is 264 g/mol. The minimum absolute atomic E-state index is 0.103. The lowest BCUT2D eigenvalue weighted by Crippen LogP contribution is -2.50. The second kappa shape index (κ2) is 5.80. The minimum Gasteiger partial charge on any atom is -0.388 e. The van der Waals surface area contributed by atoms with E-state index in [0.717, 1.165) is 24.8 Å². The van der Waals surface area contributed by atoms with Crippen molar-refractivity contribution in [2.24, 2.45) is 0 Å². The van der Waals surface area contributed by atoms with E-state index in [1.165, 1.54) is 0 Å². The number of carbonyl (C=O) groups is 1. The number of benzene rings is 1. The summed E-state index contributed by atoms with van der Waals surface area (Å²) in [6.07, 6.45) is 2.56. The number of urea groups is 1. The summed E-state index contributed by atoms with van der Waals surface area (Å²) in [5.74, 6) is 0. The smallest absolute Gasteiger partial charge is 0.315 e. The number of amides is 2. The van der Waals surface area contributed by atoms with Crippen LogP contribution in [-0.4, -0.2) is 23.3 Å². The molecule has 104 valence electrons. The molecule has 1 aromatic carbocycles. The van der Waals surface area contributed by atoms with E-state index >= 15 is 0 Å². The highest BCUT2D eigenvalue weighted by molar-refractivity contribution is 6.30. The van der Waals surface area contributed by atoms with E-state index in [0.29, 0.717) is 11.6 Å². The summed E-state index contributed by atoms with van der Waals surface area (Å²) in [4.78, 5) is 11.7. The van der Waals surface area contributed by atoms with Crippen molar-refractivity contribution in [2.45, 2.75) is 37.8 Å². The Labute approximate surface area is 118 Å². The molecule has 0 aliphatic heterocycles. The van der Waals surface area contributed by atoms with Crippen molar-refractivity contribution in [2.75, 3.05) is 6.54 Å². The molecule has 0 saturated heterocycles. The fraction of sp³-hybridized carbons (Fsp3) is 0.500. The summed E-state index contributed by atoms with van der Waals surface area (Å²) in [7, 11) is 0. The Morgan fingerprint density at radius 1 is 1.42 bits per heavy atom. The van der Waals surface area contributed by atoms with Crippen molar-refractivity contribution in [3.8, 4) is 0 Å². The Hall–Kier alpha value is -1.26. The first-order chi connectivity index (χ1) is 8.98. The van der Waals surface area contributed by atoms with Crippen LogP contribution in [-0.2, 0) is 0 Å².